The van der Waals surface area contributed by atoms with Crippen molar-refractivity contribution in [2.24, 2.45) is 0 Å². The highest BCUT2D eigenvalue weighted by Crippen LogP contribution is 2.19. The zero-order valence-electron chi connectivity index (χ0n) is 10.7. The van der Waals surface area contributed by atoms with Crippen LogP contribution >= 0.6 is 23.4 Å². The minimum absolute atomic E-state index is 0.0695. The van der Waals surface area contributed by atoms with E-state index in [4.69, 9.17) is 11.6 Å². The summed E-state index contributed by atoms with van der Waals surface area (Å²) in [6.07, 6.45) is 3.15. The van der Waals surface area contributed by atoms with Crippen LogP contribution in [0.25, 0.3) is 0 Å². The highest BCUT2D eigenvalue weighted by Gasteiger charge is 2.05. The molecule has 0 aliphatic heterocycles. The smallest absolute Gasteiger partial charge is 0.238 e. The van der Waals surface area contributed by atoms with Crippen molar-refractivity contribution in [1.82, 2.24) is 5.32 Å². The molecule has 3 nitrogen and oxygen atoms in total. The Balaban J connectivity index is 2.24. The third kappa shape index (κ3) is 5.76. The third-order valence-electron chi connectivity index (χ3n) is 2.56. The first kappa shape index (κ1) is 15.3. The minimum Gasteiger partial charge on any atom is -0.324 e. The number of nitrogens with one attached hydrogen (secondary N) is 2. The van der Waals surface area contributed by atoms with Gasteiger partial charge in [-0.05, 0) is 31.4 Å². The molecule has 5 heteroatoms. The predicted octanol–water partition coefficient (Wildman–Crippen LogP) is 3.01. The number of benzene rings is 1. The molecule has 1 aromatic carbocycles. The van der Waals surface area contributed by atoms with Gasteiger partial charge in [0.15, 0.2) is 0 Å². The molecule has 0 heterocycles. The Morgan fingerprint density at radius 1 is 1.44 bits per heavy atom. The Kier molecular flexibility index (Phi) is 7.16. The minimum atomic E-state index is -0.0695. The van der Waals surface area contributed by atoms with Crippen LogP contribution in [0.1, 0.15) is 13.3 Å². The lowest BCUT2D eigenvalue weighted by Gasteiger charge is -2.10. The van der Waals surface area contributed by atoms with Gasteiger partial charge in [0.25, 0.3) is 0 Å². The Morgan fingerprint density at radius 3 is 2.83 bits per heavy atom. The van der Waals surface area contributed by atoms with Gasteiger partial charge in [0.05, 0.1) is 17.3 Å². The van der Waals surface area contributed by atoms with Crippen molar-refractivity contribution in [2.75, 3.05) is 24.7 Å². The Hall–Kier alpha value is -0.710. The summed E-state index contributed by atoms with van der Waals surface area (Å²) in [6.45, 7) is 3.33. The Labute approximate surface area is 118 Å². The molecule has 100 valence electrons. The molecule has 0 spiro atoms. The van der Waals surface area contributed by atoms with Gasteiger partial charge in [0, 0.05) is 5.25 Å². The molecule has 0 aliphatic rings. The van der Waals surface area contributed by atoms with Gasteiger partial charge >= 0.3 is 0 Å². The molecule has 1 unspecified atom stereocenters. The number of halogens is 1. The zero-order chi connectivity index (χ0) is 13.4. The number of rotatable bonds is 7. The molecule has 0 fully saturated rings. The standard InChI is InChI=1S/C13H19ClN2OS/c1-10(18-2)7-8-15-9-13(17)16-12-6-4-3-5-11(12)14/h3-6,10,15H,7-9H2,1-2H3,(H,16,17). The van der Waals surface area contributed by atoms with Crippen molar-refractivity contribution < 1.29 is 4.79 Å². The number of para-hydroxylation sites is 1. The average molecular weight is 287 g/mol. The fourth-order valence-electron chi connectivity index (χ4n) is 1.38. The number of amides is 1. The summed E-state index contributed by atoms with van der Waals surface area (Å²) in [6, 6.07) is 7.22. The van der Waals surface area contributed by atoms with Crippen molar-refractivity contribution in [2.45, 2.75) is 18.6 Å². The molecule has 0 aliphatic carbocycles. The number of thioether (sulfide) groups is 1. The summed E-state index contributed by atoms with van der Waals surface area (Å²) in [5.41, 5.74) is 0.656. The molecule has 0 radical (unpaired) electrons. The summed E-state index contributed by atoms with van der Waals surface area (Å²) in [7, 11) is 0. The fraction of sp³-hybridized carbons (Fsp3) is 0.462. The van der Waals surface area contributed by atoms with Crippen LogP contribution in [0.2, 0.25) is 5.02 Å². The van der Waals surface area contributed by atoms with Gasteiger partial charge < -0.3 is 10.6 Å². The quantitative estimate of drug-likeness (QED) is 0.757. The van der Waals surface area contributed by atoms with Crippen molar-refractivity contribution in [1.29, 1.82) is 0 Å². The second-order valence-electron chi connectivity index (χ2n) is 4.04. The molecule has 1 amide bonds. The topological polar surface area (TPSA) is 41.1 Å². The van der Waals surface area contributed by atoms with E-state index in [0.29, 0.717) is 22.5 Å². The largest absolute Gasteiger partial charge is 0.324 e. The summed E-state index contributed by atoms with van der Waals surface area (Å²) in [4.78, 5) is 11.6. The molecule has 0 saturated carbocycles. The number of carbonyl (C=O) groups is 1. The molecule has 1 rings (SSSR count). The second kappa shape index (κ2) is 8.40. The molecule has 1 aromatic rings. The second-order valence-corrected chi connectivity index (χ2v) is 5.72. The van der Waals surface area contributed by atoms with E-state index in [-0.39, 0.29) is 5.91 Å². The summed E-state index contributed by atoms with van der Waals surface area (Å²) in [5.74, 6) is -0.0695. The van der Waals surface area contributed by atoms with Crippen molar-refractivity contribution in [3.8, 4) is 0 Å². The van der Waals surface area contributed by atoms with Gasteiger partial charge in [0.1, 0.15) is 0 Å². The highest BCUT2D eigenvalue weighted by atomic mass is 35.5. The summed E-state index contributed by atoms with van der Waals surface area (Å²) in [5, 5.41) is 7.07. The van der Waals surface area contributed by atoms with E-state index in [1.807, 2.05) is 23.9 Å². The first-order valence-corrected chi connectivity index (χ1v) is 7.58. The monoisotopic (exact) mass is 286 g/mol. The molecule has 0 aromatic heterocycles. The molecular formula is C13H19ClN2OS. The predicted molar refractivity (Wildman–Crippen MR) is 80.5 cm³/mol. The van der Waals surface area contributed by atoms with E-state index < -0.39 is 0 Å². The molecular weight excluding hydrogens is 268 g/mol. The van der Waals surface area contributed by atoms with Crippen molar-refractivity contribution >= 4 is 35.0 Å². The van der Waals surface area contributed by atoms with E-state index in [9.17, 15) is 4.79 Å². The fourth-order valence-corrected chi connectivity index (χ4v) is 1.92. The molecule has 1 atom stereocenters. The summed E-state index contributed by atoms with van der Waals surface area (Å²) < 4.78 is 0. The van der Waals surface area contributed by atoms with Crippen LogP contribution in [0.15, 0.2) is 24.3 Å². The number of carbonyl (C=O) groups excluding carboxylic acids is 1. The van der Waals surface area contributed by atoms with Gasteiger partial charge in [-0.1, -0.05) is 30.7 Å². The lowest BCUT2D eigenvalue weighted by Crippen LogP contribution is -2.29. The first-order valence-electron chi connectivity index (χ1n) is 5.91. The lowest BCUT2D eigenvalue weighted by atomic mass is 10.3. The van der Waals surface area contributed by atoms with Crippen LogP contribution in [0.5, 0.6) is 0 Å². The zero-order valence-corrected chi connectivity index (χ0v) is 12.3. The van der Waals surface area contributed by atoms with Crippen LogP contribution in [0, 0.1) is 0 Å². The Morgan fingerprint density at radius 2 is 2.17 bits per heavy atom. The van der Waals surface area contributed by atoms with Gasteiger partial charge in [0.2, 0.25) is 5.91 Å². The third-order valence-corrected chi connectivity index (χ3v) is 3.93. The molecule has 2 N–H and O–H groups in total. The number of anilines is 1. The van der Waals surface area contributed by atoms with Crippen molar-refractivity contribution in [3.63, 3.8) is 0 Å². The van der Waals surface area contributed by atoms with Gasteiger partial charge in [-0.15, -0.1) is 0 Å². The van der Waals surface area contributed by atoms with Crippen LogP contribution in [0.3, 0.4) is 0 Å². The normalized spacial score (nSPS) is 12.2. The molecule has 0 bridgehead atoms. The molecule has 0 saturated heterocycles. The SMILES string of the molecule is CSC(C)CCNCC(=O)Nc1ccccc1Cl. The van der Waals surface area contributed by atoms with Gasteiger partial charge in [-0.3, -0.25) is 4.79 Å². The van der Waals surface area contributed by atoms with E-state index in [2.05, 4.69) is 23.8 Å². The molecule has 18 heavy (non-hydrogen) atoms. The lowest BCUT2D eigenvalue weighted by molar-refractivity contribution is -0.115. The van der Waals surface area contributed by atoms with Gasteiger partial charge in [-0.2, -0.15) is 11.8 Å². The van der Waals surface area contributed by atoms with Crippen LogP contribution in [-0.4, -0.2) is 30.5 Å². The summed E-state index contributed by atoms with van der Waals surface area (Å²) >= 11 is 7.78. The van der Waals surface area contributed by atoms with Crippen LogP contribution < -0.4 is 10.6 Å². The van der Waals surface area contributed by atoms with Gasteiger partial charge in [-0.25, -0.2) is 0 Å². The van der Waals surface area contributed by atoms with E-state index in [0.717, 1.165) is 13.0 Å². The average Bonchev–Trinajstić information content (AvgIpc) is 2.37. The maximum Gasteiger partial charge on any atom is 0.238 e. The van der Waals surface area contributed by atoms with Crippen molar-refractivity contribution in [3.05, 3.63) is 29.3 Å². The van der Waals surface area contributed by atoms with E-state index in [1.54, 1.807) is 12.1 Å². The maximum atomic E-state index is 11.6. The highest BCUT2D eigenvalue weighted by molar-refractivity contribution is 7.99. The van der Waals surface area contributed by atoms with E-state index in [1.165, 1.54) is 0 Å². The number of hydrogen-bond acceptors (Lipinski definition) is 3. The Bertz CT molecular complexity index is 387. The van der Waals surface area contributed by atoms with E-state index >= 15 is 0 Å². The number of hydrogen-bond donors (Lipinski definition) is 2. The maximum absolute atomic E-state index is 11.6. The van der Waals surface area contributed by atoms with Crippen LogP contribution in [0.4, 0.5) is 5.69 Å². The first-order chi connectivity index (χ1) is 8.63. The van der Waals surface area contributed by atoms with Crippen LogP contribution in [-0.2, 0) is 4.79 Å².